The Hall–Kier alpha value is -2.21. The molecule has 2 nitrogen and oxygen atoms in total. The van der Waals surface area contributed by atoms with Gasteiger partial charge in [0.15, 0.2) is 5.76 Å². The minimum absolute atomic E-state index is 0.151. The van der Waals surface area contributed by atoms with Gasteiger partial charge < -0.3 is 9.16 Å². The van der Waals surface area contributed by atoms with Gasteiger partial charge in [-0.05, 0) is 55.4 Å². The Morgan fingerprint density at radius 2 is 1.54 bits per heavy atom. The third kappa shape index (κ3) is 6.96. The molecule has 0 saturated heterocycles. The van der Waals surface area contributed by atoms with Gasteiger partial charge in [-0.25, -0.2) is 0 Å². The lowest BCUT2D eigenvalue weighted by molar-refractivity contribution is -0.117. The van der Waals surface area contributed by atoms with E-state index in [9.17, 15) is 13.2 Å². The van der Waals surface area contributed by atoms with Gasteiger partial charge in [0, 0.05) is 0 Å². The van der Waals surface area contributed by atoms with Gasteiger partial charge in [-0.2, -0.15) is 13.2 Å². The summed E-state index contributed by atoms with van der Waals surface area (Å²) < 4.78 is 50.1. The molecule has 0 aliphatic heterocycles. The van der Waals surface area contributed by atoms with Gasteiger partial charge in [0.1, 0.15) is 12.4 Å². The molecule has 0 aliphatic carbocycles. The Kier molecular flexibility index (Phi) is 6.53. The number of alkyl halides is 3. The first-order chi connectivity index (χ1) is 12.1. The summed E-state index contributed by atoms with van der Waals surface area (Å²) in [5.74, 6) is -0.225. The molecule has 2 rings (SSSR count). The molecule has 26 heavy (non-hydrogen) atoms. The van der Waals surface area contributed by atoms with Crippen LogP contribution in [0.1, 0.15) is 11.1 Å². The first-order valence-electron chi connectivity index (χ1n) is 8.35. The van der Waals surface area contributed by atoms with Crippen LogP contribution in [0, 0.1) is 0 Å². The van der Waals surface area contributed by atoms with Crippen molar-refractivity contribution in [3.05, 3.63) is 77.6 Å². The highest BCUT2D eigenvalue weighted by molar-refractivity contribution is 6.70. The number of hydrogen-bond donors (Lipinski definition) is 0. The van der Waals surface area contributed by atoms with Crippen LogP contribution in [-0.4, -0.2) is 14.5 Å². The lowest BCUT2D eigenvalue weighted by atomic mass is 10.1. The third-order valence-corrected chi connectivity index (χ3v) is 4.22. The zero-order valence-corrected chi connectivity index (χ0v) is 16.1. The highest BCUT2D eigenvalue weighted by Gasteiger charge is 2.38. The maximum absolute atomic E-state index is 13.1. The first-order valence-corrected chi connectivity index (χ1v) is 11.8. The maximum Gasteiger partial charge on any atom is 0.447 e. The summed E-state index contributed by atoms with van der Waals surface area (Å²) in [7, 11) is -2.33. The van der Waals surface area contributed by atoms with Gasteiger partial charge in [0.25, 0.3) is 0 Å². The van der Waals surface area contributed by atoms with Gasteiger partial charge >= 0.3 is 6.18 Å². The number of ether oxygens (including phenoxy) is 1. The quantitative estimate of drug-likeness (QED) is 0.426. The zero-order chi connectivity index (χ0) is 19.2. The largest absolute Gasteiger partial charge is 0.541 e. The molecule has 0 bridgehead atoms. The Labute approximate surface area is 153 Å². The van der Waals surface area contributed by atoms with E-state index in [1.54, 1.807) is 43.9 Å². The minimum Gasteiger partial charge on any atom is -0.541 e. The van der Waals surface area contributed by atoms with E-state index in [0.717, 1.165) is 17.2 Å². The van der Waals surface area contributed by atoms with Crippen LogP contribution in [-0.2, 0) is 17.5 Å². The molecule has 0 fully saturated rings. The number of halogens is 3. The molecule has 0 aromatic heterocycles. The Morgan fingerprint density at radius 1 is 0.923 bits per heavy atom. The average Bonchev–Trinajstić information content (AvgIpc) is 2.57. The van der Waals surface area contributed by atoms with Gasteiger partial charge in [-0.15, -0.1) is 0 Å². The molecule has 140 valence electrons. The van der Waals surface area contributed by atoms with Gasteiger partial charge in [0.05, 0.1) is 0 Å². The molecule has 6 heteroatoms. The number of allylic oxidation sites excluding steroid dienone is 2. The molecule has 0 N–H and O–H groups in total. The van der Waals surface area contributed by atoms with Crippen LogP contribution < -0.4 is 4.74 Å². The van der Waals surface area contributed by atoms with Crippen LogP contribution in [0.4, 0.5) is 13.2 Å². The second kappa shape index (κ2) is 8.45. The fourth-order valence-corrected chi connectivity index (χ4v) is 3.08. The fraction of sp³-hybridized carbons (Fsp3) is 0.300. The smallest absolute Gasteiger partial charge is 0.447 e. The topological polar surface area (TPSA) is 18.5 Å². The molecule has 0 amide bonds. The second-order valence-electron chi connectivity index (χ2n) is 6.90. The third-order valence-electron chi connectivity index (χ3n) is 3.39. The van der Waals surface area contributed by atoms with Gasteiger partial charge in [0.2, 0.25) is 8.32 Å². The van der Waals surface area contributed by atoms with E-state index < -0.39 is 20.3 Å². The van der Waals surface area contributed by atoms with E-state index in [1.807, 2.05) is 30.3 Å². The minimum atomic E-state index is -4.47. The van der Waals surface area contributed by atoms with Crippen molar-refractivity contribution in [1.29, 1.82) is 0 Å². The summed E-state index contributed by atoms with van der Waals surface area (Å²) in [6.45, 7) is 5.63. The first kappa shape index (κ1) is 20.1. The zero-order valence-electron chi connectivity index (χ0n) is 15.1. The van der Waals surface area contributed by atoms with Crippen LogP contribution in [0.15, 0.2) is 66.4 Å². The van der Waals surface area contributed by atoms with E-state index in [2.05, 4.69) is 0 Å². The van der Waals surface area contributed by atoms with Crippen molar-refractivity contribution < 1.29 is 22.3 Å². The van der Waals surface area contributed by atoms with Crippen molar-refractivity contribution in [1.82, 2.24) is 0 Å². The summed E-state index contributed by atoms with van der Waals surface area (Å²) in [5, 5.41) is 0. The molecule has 0 saturated carbocycles. The molecule has 0 radical (unpaired) electrons. The Morgan fingerprint density at radius 3 is 2.08 bits per heavy atom. The number of rotatable bonds is 7. The molecule has 0 atom stereocenters. The van der Waals surface area contributed by atoms with Crippen LogP contribution >= 0.6 is 0 Å². The highest BCUT2D eigenvalue weighted by atomic mass is 28.4. The van der Waals surface area contributed by atoms with Crippen molar-refractivity contribution in [2.24, 2.45) is 0 Å². The van der Waals surface area contributed by atoms with Crippen molar-refractivity contribution in [2.75, 3.05) is 0 Å². The molecule has 2 aromatic carbocycles. The summed E-state index contributed by atoms with van der Waals surface area (Å²) >= 11 is 0. The number of benzene rings is 2. The molecule has 0 heterocycles. The predicted octanol–water partition coefficient (Wildman–Crippen LogP) is 6.11. The summed E-state index contributed by atoms with van der Waals surface area (Å²) in [6.07, 6.45) is -3.21. The summed E-state index contributed by atoms with van der Waals surface area (Å²) in [4.78, 5) is 0. The van der Waals surface area contributed by atoms with Crippen LogP contribution in [0.25, 0.3) is 0 Å². The summed E-state index contributed by atoms with van der Waals surface area (Å²) in [5.41, 5.74) is 1.82. The van der Waals surface area contributed by atoms with Crippen molar-refractivity contribution in [3.63, 3.8) is 0 Å². The standard InChI is InChI=1S/C20H23F3O2Si/c1-26(2,3)25-19(20(21,22)23)14-11-16-9-12-18(13-10-16)24-15-17-7-5-4-6-8-17/h4-10,12-14H,11,15H2,1-3H3. The maximum atomic E-state index is 13.1. The Bertz CT molecular complexity index is 717. The van der Waals surface area contributed by atoms with E-state index in [1.165, 1.54) is 0 Å². The van der Waals surface area contributed by atoms with Crippen LogP contribution in [0.5, 0.6) is 5.75 Å². The lowest BCUT2D eigenvalue weighted by Gasteiger charge is -2.23. The van der Waals surface area contributed by atoms with Crippen molar-refractivity contribution in [3.8, 4) is 5.75 Å². The lowest BCUT2D eigenvalue weighted by Crippen LogP contribution is -2.30. The molecule has 0 aliphatic rings. The number of hydrogen-bond acceptors (Lipinski definition) is 2. The second-order valence-corrected chi connectivity index (χ2v) is 11.3. The highest BCUT2D eigenvalue weighted by Crippen LogP contribution is 2.29. The van der Waals surface area contributed by atoms with Crippen LogP contribution in [0.3, 0.4) is 0 Å². The Balaban J connectivity index is 1.98. The molecular weight excluding hydrogens is 357 g/mol. The predicted molar refractivity (Wildman–Crippen MR) is 99.5 cm³/mol. The molecule has 2 aromatic rings. The van der Waals surface area contributed by atoms with Crippen LogP contribution in [0.2, 0.25) is 19.6 Å². The fourth-order valence-electron chi connectivity index (χ4n) is 2.22. The summed E-state index contributed by atoms with van der Waals surface area (Å²) in [6, 6.07) is 16.8. The van der Waals surface area contributed by atoms with E-state index in [-0.39, 0.29) is 6.42 Å². The molecular formula is C20H23F3O2Si. The SMILES string of the molecule is C[Si](C)(C)OC(=CCc1ccc(OCc2ccccc2)cc1)C(F)(F)F. The monoisotopic (exact) mass is 380 g/mol. The van der Waals surface area contributed by atoms with E-state index >= 15 is 0 Å². The van der Waals surface area contributed by atoms with Crippen molar-refractivity contribution >= 4 is 8.32 Å². The average molecular weight is 380 g/mol. The molecule has 0 unspecified atom stereocenters. The molecule has 0 spiro atoms. The normalized spacial score (nSPS) is 12.8. The van der Waals surface area contributed by atoms with Gasteiger partial charge in [-0.3, -0.25) is 0 Å². The van der Waals surface area contributed by atoms with Crippen molar-refractivity contribution in [2.45, 2.75) is 38.8 Å². The van der Waals surface area contributed by atoms with Gasteiger partial charge in [-0.1, -0.05) is 42.5 Å². The van der Waals surface area contributed by atoms with E-state index in [4.69, 9.17) is 9.16 Å². The van der Waals surface area contributed by atoms with E-state index in [0.29, 0.717) is 12.4 Å².